The Labute approximate surface area is 831 Å². The molecule has 0 saturated carbocycles. The van der Waals surface area contributed by atoms with Crippen LogP contribution in [-0.4, -0.2) is 27.4 Å². The second-order valence-electron chi connectivity index (χ2n) is 37.8. The Morgan fingerprint density at radius 3 is 0.819 bits per heavy atom. The van der Waals surface area contributed by atoms with Crippen LogP contribution in [0.15, 0.2) is 474 Å². The maximum Gasteiger partial charge on any atom is 0.137 e. The van der Waals surface area contributed by atoms with Crippen LogP contribution in [0.1, 0.15) is 0 Å². The topological polar surface area (TPSA) is 69.0 Å². The number of hydrogen-bond donors (Lipinski definition) is 0. The van der Waals surface area contributed by atoms with Gasteiger partial charge in [-0.3, -0.25) is 0 Å². The molecule has 12 aromatic heterocycles. The van der Waals surface area contributed by atoms with Gasteiger partial charge in [-0.25, -0.2) is 0 Å². The molecule has 12 heteroatoms. The molecule has 12 heterocycles. The van der Waals surface area contributed by atoms with E-state index in [1.54, 1.807) is 0 Å². The molecule has 34 rings (SSSR count). The fourth-order valence-corrected chi connectivity index (χ4v) is 28.0. The highest BCUT2D eigenvalue weighted by molar-refractivity contribution is 7.27. The highest BCUT2D eigenvalue weighted by atomic mass is 32.1. The minimum absolute atomic E-state index is 0.897. The van der Waals surface area contributed by atoms with E-state index in [-0.39, 0.29) is 0 Å². The lowest BCUT2D eigenvalue weighted by molar-refractivity contribution is 0.668. The SMILES string of the molecule is c1ccc(-c2cccc3c2sc2c(-n4c5ccccc5c5c6c7ccccc7n(-c7ccc8c(c7)oc7ccccc78)c6ccc54)cccc23)cc1.c1ccc2c(c1)oc1cc(-n3c4ccccc4c4c5c6ccccc6n(-c6ccc7sc8ccccc8c7c6)c5ccc43)ccc12.c1ccc2c(c1)oc1cc(-n3c4ccccc4c4c5c6ccccc6n(-c6cccc7c6sc6ccccc67)c5ccc43)ccc12. The Kier molecular flexibility index (Phi) is 16.9. The number of fused-ring (bicyclic) bond motifs is 39. The van der Waals surface area contributed by atoms with Crippen molar-refractivity contribution >= 4 is 291 Å². The molecule has 0 spiro atoms. The smallest absolute Gasteiger partial charge is 0.137 e. The van der Waals surface area contributed by atoms with Crippen molar-refractivity contribution in [2.24, 2.45) is 0 Å². The molecule has 9 nitrogen and oxygen atoms in total. The van der Waals surface area contributed by atoms with Gasteiger partial charge in [-0.15, -0.1) is 34.0 Å². The van der Waals surface area contributed by atoms with Crippen molar-refractivity contribution in [3.05, 3.63) is 461 Å². The molecule has 0 saturated heterocycles. The van der Waals surface area contributed by atoms with Crippen LogP contribution >= 0.6 is 34.0 Å². The van der Waals surface area contributed by atoms with Crippen molar-refractivity contribution in [1.82, 2.24) is 27.4 Å². The lowest BCUT2D eigenvalue weighted by Gasteiger charge is -2.10. The van der Waals surface area contributed by atoms with Crippen LogP contribution in [0.5, 0.6) is 0 Å². The van der Waals surface area contributed by atoms with Crippen molar-refractivity contribution in [2.75, 3.05) is 0 Å². The van der Waals surface area contributed by atoms with Crippen molar-refractivity contribution in [3.8, 4) is 45.3 Å². The number of nitrogens with zero attached hydrogens (tertiary/aromatic N) is 6. The lowest BCUT2D eigenvalue weighted by Crippen LogP contribution is -1.95. The molecule has 670 valence electrons. The van der Waals surface area contributed by atoms with Crippen LogP contribution in [0.2, 0.25) is 0 Å². The molecule has 0 bridgehead atoms. The Bertz CT molecular complexity index is 11500. The van der Waals surface area contributed by atoms with Crippen LogP contribution in [0, 0.1) is 0 Å². The van der Waals surface area contributed by atoms with E-state index in [4.69, 9.17) is 13.3 Å². The van der Waals surface area contributed by atoms with E-state index in [9.17, 15) is 0 Å². The quantitative estimate of drug-likeness (QED) is 0.160. The zero-order valence-electron chi connectivity index (χ0n) is 77.0. The van der Waals surface area contributed by atoms with Gasteiger partial charge >= 0.3 is 0 Å². The van der Waals surface area contributed by atoms with Gasteiger partial charge in [0.25, 0.3) is 0 Å². The van der Waals surface area contributed by atoms with Crippen molar-refractivity contribution < 1.29 is 13.3 Å². The van der Waals surface area contributed by atoms with Gasteiger partial charge in [0.2, 0.25) is 0 Å². The summed E-state index contributed by atoms with van der Waals surface area (Å²) in [6.07, 6.45) is 0. The molecule has 0 unspecified atom stereocenters. The normalized spacial score (nSPS) is 12.3. The molecule has 0 amide bonds. The first-order valence-corrected chi connectivity index (χ1v) is 51.4. The predicted octanol–water partition coefficient (Wildman–Crippen LogP) is 38.1. The van der Waals surface area contributed by atoms with Gasteiger partial charge in [-0.2, -0.15) is 0 Å². The van der Waals surface area contributed by atoms with E-state index in [0.717, 1.165) is 82.9 Å². The fourth-order valence-electron chi connectivity index (χ4n) is 24.3. The molecule has 34 aromatic rings. The van der Waals surface area contributed by atoms with Crippen molar-refractivity contribution in [3.63, 3.8) is 0 Å². The highest BCUT2D eigenvalue weighted by Gasteiger charge is 2.29. The second-order valence-corrected chi connectivity index (χ2v) is 41.0. The third-order valence-corrected chi connectivity index (χ3v) is 34.0. The number of benzene rings is 22. The summed E-state index contributed by atoms with van der Waals surface area (Å²) in [4.78, 5) is 0. The second kappa shape index (κ2) is 30.6. The Hall–Kier alpha value is -18.3. The van der Waals surface area contributed by atoms with E-state index in [1.807, 2.05) is 70.4 Å². The first-order valence-electron chi connectivity index (χ1n) is 48.9. The third kappa shape index (κ3) is 11.4. The molecule has 0 aliphatic heterocycles. The fraction of sp³-hybridized carbons (Fsp3) is 0. The molecule has 0 aliphatic rings. The van der Waals surface area contributed by atoms with E-state index < -0.39 is 0 Å². The van der Waals surface area contributed by atoms with Crippen LogP contribution in [0.3, 0.4) is 0 Å². The Morgan fingerprint density at radius 2 is 0.417 bits per heavy atom. The zero-order valence-corrected chi connectivity index (χ0v) is 79.5. The van der Waals surface area contributed by atoms with Gasteiger partial charge in [0.15, 0.2) is 0 Å². The Morgan fingerprint density at radius 1 is 0.146 bits per heavy atom. The number of rotatable bonds is 7. The monoisotopic (exact) mass is 1890 g/mol. The maximum absolute atomic E-state index is 6.37. The van der Waals surface area contributed by atoms with Gasteiger partial charge in [-0.1, -0.05) is 273 Å². The number of furan rings is 3. The summed E-state index contributed by atoms with van der Waals surface area (Å²) in [5, 5.41) is 29.9. The molecule has 0 radical (unpaired) electrons. The first kappa shape index (κ1) is 79.6. The van der Waals surface area contributed by atoms with Crippen LogP contribution in [0.4, 0.5) is 0 Å². The molecule has 144 heavy (non-hydrogen) atoms. The van der Waals surface area contributed by atoms with E-state index in [1.165, 1.54) is 220 Å². The minimum Gasteiger partial charge on any atom is -0.456 e. The van der Waals surface area contributed by atoms with Gasteiger partial charge < -0.3 is 40.7 Å². The van der Waals surface area contributed by atoms with Crippen LogP contribution in [0.25, 0.3) is 302 Å². The number of para-hydroxylation sites is 9. The molecular weight excluding hydrogens is 1810 g/mol. The highest BCUT2D eigenvalue weighted by Crippen LogP contribution is 2.52. The lowest BCUT2D eigenvalue weighted by atomic mass is 10.0. The van der Waals surface area contributed by atoms with Crippen LogP contribution in [-0.2, 0) is 0 Å². The minimum atomic E-state index is 0.897. The largest absolute Gasteiger partial charge is 0.456 e. The molecule has 0 N–H and O–H groups in total. The van der Waals surface area contributed by atoms with Gasteiger partial charge in [0.05, 0.1) is 87.0 Å². The maximum atomic E-state index is 6.37. The number of aromatic nitrogens is 6. The summed E-state index contributed by atoms with van der Waals surface area (Å²) >= 11 is 5.64. The molecule has 0 aliphatic carbocycles. The summed E-state index contributed by atoms with van der Waals surface area (Å²) in [6.45, 7) is 0. The van der Waals surface area contributed by atoms with Gasteiger partial charge in [-0.05, 0) is 181 Å². The third-order valence-electron chi connectivity index (χ3n) is 30.3. The Balaban J connectivity index is 0.0000000969. The van der Waals surface area contributed by atoms with Gasteiger partial charge in [0, 0.05) is 189 Å². The average molecular weight is 1890 g/mol. The predicted molar refractivity (Wildman–Crippen MR) is 611 cm³/mol. The van der Waals surface area contributed by atoms with Crippen molar-refractivity contribution in [1.29, 1.82) is 0 Å². The molecule has 22 aromatic carbocycles. The summed E-state index contributed by atoms with van der Waals surface area (Å²) in [7, 11) is 0. The summed E-state index contributed by atoms with van der Waals surface area (Å²) in [5.74, 6) is 0. The summed E-state index contributed by atoms with van der Waals surface area (Å²) < 4.78 is 41.6. The van der Waals surface area contributed by atoms with E-state index in [2.05, 4.69) is 452 Å². The molecule has 0 fully saturated rings. The van der Waals surface area contributed by atoms with E-state index in [0.29, 0.717) is 0 Å². The van der Waals surface area contributed by atoms with Crippen molar-refractivity contribution in [2.45, 2.75) is 0 Å². The number of hydrogen-bond acceptors (Lipinski definition) is 6. The summed E-state index contributed by atoms with van der Waals surface area (Å²) in [6, 6.07) is 167. The van der Waals surface area contributed by atoms with Gasteiger partial charge in [0.1, 0.15) is 33.5 Å². The molecule has 0 atom stereocenters. The van der Waals surface area contributed by atoms with Crippen LogP contribution < -0.4 is 0 Å². The number of thiophene rings is 3. The molecular formula is C132H76N6O3S3. The zero-order chi connectivity index (χ0) is 93.8. The first-order chi connectivity index (χ1) is 71.5. The average Bonchev–Trinajstić information content (AvgIpc) is 1.55. The van der Waals surface area contributed by atoms with E-state index >= 15 is 0 Å². The summed E-state index contributed by atoms with van der Waals surface area (Å²) in [5.41, 5.74) is 29.2. The standard InChI is InChI=1S/C48H28N2OS.2C42H24N2OS/c1-2-12-29(13-3-1)31-17-10-18-34-35-19-11-22-42(48(35)52-47(31)34)50-39-21-8-5-16-37(39)46-41(50)27-26-40-45(46)36-15-4-7-20-38(36)49(40)30-24-25-33-32-14-6-9-23-43(32)51-44(33)28-30;1-5-15-32-30(12-1)40-34(43(32)25-20-21-27-26-10-3-7-18-37(26)45-38(27)24-25)22-23-35-41(40)31-13-2-6-16-33(31)44(35)36-17-9-14-29-28-11-4-8-19-39(28)46-42(29)36;1-5-13-33-30(11-1)41-35(43(33)25-18-22-40-32(23-25)29-10-4-8-16-39(29)46-40)20-21-36-42(41)31-12-2-6-14-34(31)44(36)26-17-19-28-27-9-3-7-15-37(27)45-38(28)24-26/h1-28H;2*1-24H.